The standard InChI is InChI=1S/C24H50NO4P/c1-5-6-7-8-9-10-11-12-13-14-15-16-17-18-19-20-21-23-28-30(26,27)29-24-22-25(2,3)4/h5H,1,6-24H2,2-4H3/p+1. The second-order valence-corrected chi connectivity index (χ2v) is 11.0. The Balaban J connectivity index is 3.27. The molecular formula is C24H51NO4P+. The first-order valence-electron chi connectivity index (χ1n) is 12.3. The van der Waals surface area contributed by atoms with E-state index < -0.39 is 7.82 Å². The van der Waals surface area contributed by atoms with Gasteiger partial charge in [0.15, 0.2) is 0 Å². The fourth-order valence-corrected chi connectivity index (χ4v) is 4.08. The van der Waals surface area contributed by atoms with Crippen molar-refractivity contribution in [1.82, 2.24) is 0 Å². The van der Waals surface area contributed by atoms with Gasteiger partial charge in [0, 0.05) is 0 Å². The summed E-state index contributed by atoms with van der Waals surface area (Å²) in [5.41, 5.74) is 0. The number of likely N-dealkylation sites (N-methyl/N-ethyl adjacent to an activating group) is 1. The molecule has 0 rings (SSSR count). The van der Waals surface area contributed by atoms with Gasteiger partial charge in [-0.25, -0.2) is 4.57 Å². The third-order valence-corrected chi connectivity index (χ3v) is 6.34. The van der Waals surface area contributed by atoms with E-state index in [0.717, 1.165) is 12.8 Å². The van der Waals surface area contributed by atoms with Crippen molar-refractivity contribution in [1.29, 1.82) is 0 Å². The molecule has 0 aliphatic carbocycles. The van der Waals surface area contributed by atoms with Crippen LogP contribution in [-0.2, 0) is 13.6 Å². The number of unbranched alkanes of at least 4 members (excludes halogenated alkanes) is 15. The molecule has 0 aromatic heterocycles. The third kappa shape index (κ3) is 24.1. The molecule has 0 aliphatic rings. The first kappa shape index (κ1) is 29.8. The fourth-order valence-electron chi connectivity index (χ4n) is 3.34. The molecular weight excluding hydrogens is 397 g/mol. The summed E-state index contributed by atoms with van der Waals surface area (Å²) < 4.78 is 22.5. The lowest BCUT2D eigenvalue weighted by molar-refractivity contribution is -0.870. The topological polar surface area (TPSA) is 55.8 Å². The van der Waals surface area contributed by atoms with Gasteiger partial charge in [-0.05, 0) is 19.3 Å². The first-order valence-corrected chi connectivity index (χ1v) is 13.8. The number of rotatable bonds is 23. The summed E-state index contributed by atoms with van der Waals surface area (Å²) in [4.78, 5) is 9.65. The molecule has 0 saturated heterocycles. The molecule has 6 heteroatoms. The molecule has 0 heterocycles. The van der Waals surface area contributed by atoms with E-state index >= 15 is 0 Å². The number of allylic oxidation sites excluding steroid dienone is 1. The Bertz CT molecular complexity index is 437. The van der Waals surface area contributed by atoms with Crippen LogP contribution in [-0.4, -0.2) is 50.3 Å². The quantitative estimate of drug-likeness (QED) is 0.0774. The molecule has 30 heavy (non-hydrogen) atoms. The molecule has 0 spiro atoms. The summed E-state index contributed by atoms with van der Waals surface area (Å²) in [7, 11) is 2.16. The van der Waals surface area contributed by atoms with Crippen LogP contribution in [0.4, 0.5) is 0 Å². The Morgan fingerprint density at radius 1 is 0.700 bits per heavy atom. The van der Waals surface area contributed by atoms with E-state index in [1.54, 1.807) is 0 Å². The molecule has 1 atom stereocenters. The van der Waals surface area contributed by atoms with Gasteiger partial charge in [-0.3, -0.25) is 9.05 Å². The van der Waals surface area contributed by atoms with E-state index in [0.29, 0.717) is 17.6 Å². The lowest BCUT2D eigenvalue weighted by Crippen LogP contribution is -2.37. The maximum atomic E-state index is 11.8. The summed E-state index contributed by atoms with van der Waals surface area (Å²) in [6.45, 7) is 4.96. The SMILES string of the molecule is C=CCCCCCCCCCCCCCCCCCOP(=O)(O)OCC[N+](C)(C)C. The third-order valence-electron chi connectivity index (χ3n) is 5.32. The van der Waals surface area contributed by atoms with Gasteiger partial charge in [-0.15, -0.1) is 6.58 Å². The van der Waals surface area contributed by atoms with Gasteiger partial charge in [0.2, 0.25) is 0 Å². The van der Waals surface area contributed by atoms with Crippen molar-refractivity contribution in [3.63, 3.8) is 0 Å². The molecule has 0 aromatic rings. The highest BCUT2D eigenvalue weighted by Crippen LogP contribution is 2.43. The zero-order valence-corrected chi connectivity index (χ0v) is 21.2. The molecule has 5 nitrogen and oxygen atoms in total. The number of hydrogen-bond donors (Lipinski definition) is 1. The lowest BCUT2D eigenvalue weighted by Gasteiger charge is -2.24. The Kier molecular flexibility index (Phi) is 19.4. The second kappa shape index (κ2) is 19.5. The van der Waals surface area contributed by atoms with Gasteiger partial charge in [-0.1, -0.05) is 89.5 Å². The van der Waals surface area contributed by atoms with Crippen LogP contribution in [0.15, 0.2) is 12.7 Å². The molecule has 1 N–H and O–H groups in total. The number of phosphoric ester groups is 1. The van der Waals surface area contributed by atoms with Crippen molar-refractivity contribution < 1.29 is 23.0 Å². The highest BCUT2D eigenvalue weighted by Gasteiger charge is 2.21. The van der Waals surface area contributed by atoms with E-state index in [9.17, 15) is 9.46 Å². The maximum Gasteiger partial charge on any atom is 0.472 e. The zero-order valence-electron chi connectivity index (χ0n) is 20.3. The summed E-state index contributed by atoms with van der Waals surface area (Å²) in [6, 6.07) is 0. The van der Waals surface area contributed by atoms with Gasteiger partial charge in [0.05, 0.1) is 27.7 Å². The molecule has 0 amide bonds. The van der Waals surface area contributed by atoms with E-state index in [4.69, 9.17) is 9.05 Å². The van der Waals surface area contributed by atoms with Gasteiger partial charge >= 0.3 is 7.82 Å². The summed E-state index contributed by atoms with van der Waals surface area (Å²) >= 11 is 0. The largest absolute Gasteiger partial charge is 0.472 e. The molecule has 0 aromatic carbocycles. The fraction of sp³-hybridized carbons (Fsp3) is 0.917. The minimum Gasteiger partial charge on any atom is -0.329 e. The van der Waals surface area contributed by atoms with Crippen LogP contribution in [0.3, 0.4) is 0 Å². The van der Waals surface area contributed by atoms with Crippen molar-refractivity contribution in [3.05, 3.63) is 12.7 Å². The van der Waals surface area contributed by atoms with Gasteiger partial charge in [-0.2, -0.15) is 0 Å². The maximum absolute atomic E-state index is 11.8. The van der Waals surface area contributed by atoms with E-state index in [-0.39, 0.29) is 6.61 Å². The number of hydrogen-bond acceptors (Lipinski definition) is 3. The Morgan fingerprint density at radius 2 is 1.07 bits per heavy atom. The lowest BCUT2D eigenvalue weighted by atomic mass is 10.0. The Morgan fingerprint density at radius 3 is 1.47 bits per heavy atom. The van der Waals surface area contributed by atoms with Crippen LogP contribution in [0, 0.1) is 0 Å². The van der Waals surface area contributed by atoms with Crippen LogP contribution in [0.25, 0.3) is 0 Å². The zero-order chi connectivity index (χ0) is 22.6. The molecule has 180 valence electrons. The van der Waals surface area contributed by atoms with Gasteiger partial charge in [0.25, 0.3) is 0 Å². The van der Waals surface area contributed by atoms with Crippen LogP contribution in [0.1, 0.15) is 103 Å². The smallest absolute Gasteiger partial charge is 0.329 e. The van der Waals surface area contributed by atoms with Gasteiger partial charge in [0.1, 0.15) is 13.2 Å². The predicted octanol–water partition coefficient (Wildman–Crippen LogP) is 7.25. The molecule has 1 unspecified atom stereocenters. The summed E-state index contributed by atoms with van der Waals surface area (Å²) in [5, 5.41) is 0. The number of nitrogens with zero attached hydrogens (tertiary/aromatic N) is 1. The highest BCUT2D eigenvalue weighted by atomic mass is 31.2. The van der Waals surface area contributed by atoms with E-state index in [2.05, 4.69) is 6.58 Å². The minimum absolute atomic E-state index is 0.230. The number of phosphoric acid groups is 1. The van der Waals surface area contributed by atoms with Crippen LogP contribution < -0.4 is 0 Å². The van der Waals surface area contributed by atoms with Gasteiger partial charge < -0.3 is 9.38 Å². The Hall–Kier alpha value is -0.190. The normalized spacial score (nSPS) is 14.0. The van der Waals surface area contributed by atoms with Crippen molar-refractivity contribution in [2.45, 2.75) is 103 Å². The molecule has 0 bridgehead atoms. The summed E-state index contributed by atoms with van der Waals surface area (Å²) in [5.74, 6) is 0. The molecule has 0 fully saturated rings. The summed E-state index contributed by atoms with van der Waals surface area (Å²) in [6.07, 6.45) is 22.5. The van der Waals surface area contributed by atoms with E-state index in [1.165, 1.54) is 89.9 Å². The van der Waals surface area contributed by atoms with Crippen LogP contribution in [0.2, 0.25) is 0 Å². The van der Waals surface area contributed by atoms with Crippen molar-refractivity contribution >= 4 is 7.82 Å². The van der Waals surface area contributed by atoms with Crippen LogP contribution in [0.5, 0.6) is 0 Å². The second-order valence-electron chi connectivity index (χ2n) is 9.53. The predicted molar refractivity (Wildman–Crippen MR) is 129 cm³/mol. The monoisotopic (exact) mass is 448 g/mol. The molecule has 0 aliphatic heterocycles. The minimum atomic E-state index is -3.88. The number of quaternary nitrogens is 1. The average Bonchev–Trinajstić information content (AvgIpc) is 2.65. The van der Waals surface area contributed by atoms with E-state index in [1.807, 2.05) is 27.2 Å². The Labute approximate surface area is 187 Å². The van der Waals surface area contributed by atoms with Crippen molar-refractivity contribution in [3.8, 4) is 0 Å². The molecule has 0 saturated carbocycles. The first-order chi connectivity index (χ1) is 14.3. The van der Waals surface area contributed by atoms with Crippen LogP contribution >= 0.6 is 7.82 Å². The van der Waals surface area contributed by atoms with Crippen molar-refractivity contribution in [2.75, 3.05) is 40.9 Å². The highest BCUT2D eigenvalue weighted by molar-refractivity contribution is 7.47. The molecule has 0 radical (unpaired) electrons. The van der Waals surface area contributed by atoms with Crippen molar-refractivity contribution in [2.24, 2.45) is 0 Å². The average molecular weight is 449 g/mol.